The maximum Gasteiger partial charge on any atom is 0.416 e. The summed E-state index contributed by atoms with van der Waals surface area (Å²) in [5.41, 5.74) is 11.9. The summed E-state index contributed by atoms with van der Waals surface area (Å²) in [6.07, 6.45) is -3.91. The van der Waals surface area contributed by atoms with Gasteiger partial charge in [-0.05, 0) is 59.7 Å². The molecule has 1 heterocycles. The fourth-order valence-corrected chi connectivity index (χ4v) is 4.48. The molecular weight excluding hydrogens is 513 g/mol. The Balaban J connectivity index is 0.00000134. The molecule has 1 aliphatic rings. The Morgan fingerprint density at radius 1 is 0.897 bits per heavy atom. The number of halogens is 3. The zero-order valence-electron chi connectivity index (χ0n) is 20.8. The minimum absolute atomic E-state index is 0.100. The highest BCUT2D eigenvalue weighted by molar-refractivity contribution is 6.02. The molecular formula is C28H27F3N4O4. The first-order valence-electron chi connectivity index (χ1n) is 11.9. The van der Waals surface area contributed by atoms with E-state index in [1.165, 1.54) is 12.1 Å². The van der Waals surface area contributed by atoms with Crippen LogP contribution >= 0.6 is 0 Å². The van der Waals surface area contributed by atoms with Crippen LogP contribution in [0.15, 0.2) is 77.8 Å². The third-order valence-electron chi connectivity index (χ3n) is 6.30. The number of hydrogen-bond donors (Lipinski definition) is 3. The molecule has 0 saturated carbocycles. The van der Waals surface area contributed by atoms with Gasteiger partial charge in [-0.2, -0.15) is 18.2 Å². The van der Waals surface area contributed by atoms with Crippen LogP contribution in [0.5, 0.6) is 0 Å². The summed E-state index contributed by atoms with van der Waals surface area (Å²) in [4.78, 5) is 38.4. The lowest BCUT2D eigenvalue weighted by Crippen LogP contribution is -2.38. The highest BCUT2D eigenvalue weighted by Crippen LogP contribution is 2.39. The van der Waals surface area contributed by atoms with E-state index in [9.17, 15) is 22.8 Å². The highest BCUT2D eigenvalue weighted by atomic mass is 19.4. The van der Waals surface area contributed by atoms with Crippen LogP contribution in [0.2, 0.25) is 0 Å². The molecule has 3 aromatic rings. The van der Waals surface area contributed by atoms with Gasteiger partial charge in [0.05, 0.1) is 5.56 Å². The highest BCUT2D eigenvalue weighted by Gasteiger charge is 2.37. The van der Waals surface area contributed by atoms with E-state index in [-0.39, 0.29) is 23.5 Å². The van der Waals surface area contributed by atoms with Crippen molar-refractivity contribution < 1.29 is 32.7 Å². The van der Waals surface area contributed by atoms with E-state index in [0.29, 0.717) is 31.5 Å². The maximum atomic E-state index is 13.8. The minimum Gasteiger partial charge on any atom is -0.483 e. The molecule has 204 valence electrons. The lowest BCUT2D eigenvalue weighted by atomic mass is 9.85. The summed E-state index contributed by atoms with van der Waals surface area (Å²) < 4.78 is 41.5. The van der Waals surface area contributed by atoms with Crippen LogP contribution in [0, 0.1) is 0 Å². The van der Waals surface area contributed by atoms with Crippen LogP contribution in [0.1, 0.15) is 50.6 Å². The van der Waals surface area contributed by atoms with Crippen LogP contribution in [-0.2, 0) is 11.0 Å². The normalized spacial score (nSPS) is 13.6. The van der Waals surface area contributed by atoms with Crippen molar-refractivity contribution >= 4 is 24.2 Å². The molecule has 4 rings (SSSR count). The molecule has 0 aliphatic carbocycles. The number of carbonyl (C=O) groups is 3. The smallest absolute Gasteiger partial charge is 0.416 e. The Morgan fingerprint density at radius 2 is 1.44 bits per heavy atom. The molecule has 2 amide bonds. The van der Waals surface area contributed by atoms with Crippen molar-refractivity contribution in [3.05, 3.63) is 95.1 Å². The molecule has 0 spiro atoms. The summed E-state index contributed by atoms with van der Waals surface area (Å²) >= 11 is 0. The van der Waals surface area contributed by atoms with Gasteiger partial charge in [0.25, 0.3) is 18.3 Å². The summed E-state index contributed by atoms with van der Waals surface area (Å²) in [5.74, 6) is -2.02. The van der Waals surface area contributed by atoms with Crippen LogP contribution < -0.4 is 11.5 Å². The van der Waals surface area contributed by atoms with Gasteiger partial charge in [-0.15, -0.1) is 0 Å². The average Bonchev–Trinajstić information content (AvgIpc) is 2.92. The average molecular weight is 541 g/mol. The largest absolute Gasteiger partial charge is 0.483 e. The van der Waals surface area contributed by atoms with Gasteiger partial charge in [0.2, 0.25) is 0 Å². The van der Waals surface area contributed by atoms with Crippen molar-refractivity contribution in [1.82, 2.24) is 4.90 Å². The summed E-state index contributed by atoms with van der Waals surface area (Å²) in [6.45, 7) is 0.409. The van der Waals surface area contributed by atoms with E-state index in [2.05, 4.69) is 4.99 Å². The number of nitrogens with zero attached hydrogens (tertiary/aromatic N) is 2. The van der Waals surface area contributed by atoms with E-state index in [1.54, 1.807) is 17.0 Å². The van der Waals surface area contributed by atoms with Gasteiger partial charge >= 0.3 is 6.18 Å². The molecule has 0 aromatic heterocycles. The zero-order valence-corrected chi connectivity index (χ0v) is 20.8. The second-order valence-corrected chi connectivity index (χ2v) is 8.76. The van der Waals surface area contributed by atoms with Crippen molar-refractivity contribution in [3.8, 4) is 11.1 Å². The Kier molecular flexibility index (Phi) is 9.43. The van der Waals surface area contributed by atoms with E-state index in [1.807, 2.05) is 42.5 Å². The molecule has 0 bridgehead atoms. The van der Waals surface area contributed by atoms with Crippen molar-refractivity contribution in [2.45, 2.75) is 24.9 Å². The fourth-order valence-electron chi connectivity index (χ4n) is 4.48. The Labute approximate surface area is 222 Å². The Hall–Kier alpha value is -4.67. The number of likely N-dealkylation sites (tertiary alicyclic amines) is 1. The predicted octanol–water partition coefficient (Wildman–Crippen LogP) is 4.51. The number of nitrogens with two attached hydrogens (primary N) is 2. The van der Waals surface area contributed by atoms with Crippen molar-refractivity contribution in [2.24, 2.45) is 16.5 Å². The second kappa shape index (κ2) is 12.7. The van der Waals surface area contributed by atoms with Crippen LogP contribution in [0.25, 0.3) is 11.1 Å². The van der Waals surface area contributed by atoms with Gasteiger partial charge in [-0.1, -0.05) is 48.5 Å². The van der Waals surface area contributed by atoms with Crippen LogP contribution in [0.3, 0.4) is 0 Å². The molecule has 11 heteroatoms. The molecule has 0 radical (unpaired) electrons. The van der Waals surface area contributed by atoms with Gasteiger partial charge in [-0.3, -0.25) is 14.4 Å². The van der Waals surface area contributed by atoms with Crippen LogP contribution in [-0.4, -0.2) is 47.3 Å². The molecule has 1 fully saturated rings. The fraction of sp³-hybridized carbons (Fsp3) is 0.214. The first-order valence-corrected chi connectivity index (χ1v) is 11.9. The van der Waals surface area contributed by atoms with Crippen molar-refractivity contribution in [3.63, 3.8) is 0 Å². The number of carbonyl (C=O) groups excluding carboxylic acids is 2. The number of carboxylic acid groups (broad SMARTS) is 1. The van der Waals surface area contributed by atoms with Crippen LogP contribution in [0.4, 0.5) is 13.2 Å². The lowest BCUT2D eigenvalue weighted by molar-refractivity contribution is -0.138. The lowest BCUT2D eigenvalue weighted by Gasteiger charge is -2.33. The number of benzene rings is 3. The number of hydrogen-bond acceptors (Lipinski definition) is 3. The predicted molar refractivity (Wildman–Crippen MR) is 140 cm³/mol. The molecule has 8 nitrogen and oxygen atoms in total. The number of piperidine rings is 1. The first-order chi connectivity index (χ1) is 18.5. The van der Waals surface area contributed by atoms with Crippen molar-refractivity contribution in [1.29, 1.82) is 0 Å². The maximum absolute atomic E-state index is 13.8. The van der Waals surface area contributed by atoms with E-state index >= 15 is 0 Å². The summed E-state index contributed by atoms with van der Waals surface area (Å²) in [7, 11) is 0. The molecule has 3 aromatic carbocycles. The first kappa shape index (κ1) is 28.9. The SMILES string of the molecule is NC(N)=NC(=O)c1ccc(C2CCN(C(=O)c3ccc(-c4ccccc4)cc3)CC2)c(C(F)(F)F)c1.O=CO. The third kappa shape index (κ3) is 7.44. The van der Waals surface area contributed by atoms with Gasteiger partial charge in [0, 0.05) is 24.2 Å². The molecule has 1 aliphatic heterocycles. The number of amides is 2. The van der Waals surface area contributed by atoms with Gasteiger partial charge < -0.3 is 21.5 Å². The van der Waals surface area contributed by atoms with E-state index in [0.717, 1.165) is 17.2 Å². The quantitative estimate of drug-likeness (QED) is 0.253. The monoisotopic (exact) mass is 540 g/mol. The molecule has 39 heavy (non-hydrogen) atoms. The Morgan fingerprint density at radius 3 is 1.97 bits per heavy atom. The van der Waals surface area contributed by atoms with Gasteiger partial charge in [-0.25, -0.2) is 0 Å². The molecule has 5 N–H and O–H groups in total. The third-order valence-corrected chi connectivity index (χ3v) is 6.30. The summed E-state index contributed by atoms with van der Waals surface area (Å²) in [5, 5.41) is 6.89. The number of guanidine groups is 1. The molecule has 1 saturated heterocycles. The number of rotatable bonds is 4. The number of alkyl halides is 3. The molecule has 0 atom stereocenters. The topological polar surface area (TPSA) is 139 Å². The standard InChI is InChI=1S/C27H25F3N4O2.CH2O2/c28-27(29,30)23-16-21(24(35)33-26(31)32)10-11-22(23)19-12-14-34(15-13-19)25(36)20-8-6-18(7-9-20)17-4-2-1-3-5-17;2-1-3/h1-11,16,19H,12-15H2,(H4,31,32,33,35);1H,(H,2,3). The van der Waals surface area contributed by atoms with Gasteiger partial charge in [0.15, 0.2) is 5.96 Å². The Bertz CT molecular complexity index is 1330. The van der Waals surface area contributed by atoms with Gasteiger partial charge in [0.1, 0.15) is 0 Å². The number of aliphatic imine (C=N–C) groups is 1. The molecule has 0 unspecified atom stereocenters. The van der Waals surface area contributed by atoms with E-state index < -0.39 is 29.5 Å². The summed E-state index contributed by atoms with van der Waals surface area (Å²) in [6, 6.07) is 20.5. The van der Waals surface area contributed by atoms with E-state index in [4.69, 9.17) is 21.4 Å². The zero-order chi connectivity index (χ0) is 28.6. The second-order valence-electron chi connectivity index (χ2n) is 8.76. The minimum atomic E-state index is -4.66. The van der Waals surface area contributed by atoms with Crippen molar-refractivity contribution in [2.75, 3.05) is 13.1 Å².